The molecule has 104 valence electrons. The fraction of sp³-hybridized carbons (Fsp3) is 0.167. The maximum atomic E-state index is 11.7. The van der Waals surface area contributed by atoms with E-state index >= 15 is 0 Å². The lowest BCUT2D eigenvalue weighted by molar-refractivity contribution is -0.128. The van der Waals surface area contributed by atoms with Crippen LogP contribution in [0, 0.1) is 0 Å². The molecular weight excluding hydrogens is 266 g/mol. The van der Waals surface area contributed by atoms with E-state index in [1.165, 1.54) is 24.3 Å². The lowest BCUT2D eigenvalue weighted by atomic mass is 10.2. The predicted molar refractivity (Wildman–Crippen MR) is 67.1 cm³/mol. The Bertz CT molecular complexity index is 583. The number of urea groups is 1. The molecule has 8 nitrogen and oxygen atoms in total. The van der Waals surface area contributed by atoms with E-state index < -0.39 is 30.4 Å². The summed E-state index contributed by atoms with van der Waals surface area (Å²) < 4.78 is 0. The first-order valence-electron chi connectivity index (χ1n) is 5.69. The van der Waals surface area contributed by atoms with E-state index in [2.05, 4.69) is 10.6 Å². The van der Waals surface area contributed by atoms with Gasteiger partial charge >= 0.3 is 12.0 Å². The number of rotatable bonds is 4. The number of carbonyl (C=O) groups is 4. The summed E-state index contributed by atoms with van der Waals surface area (Å²) in [6.07, 6.45) is 0. The number of carbonyl (C=O) groups excluding carboxylic acids is 3. The minimum atomic E-state index is -1.12. The monoisotopic (exact) mass is 277 g/mol. The molecule has 1 fully saturated rings. The zero-order valence-corrected chi connectivity index (χ0v) is 10.3. The first kappa shape index (κ1) is 13.5. The summed E-state index contributed by atoms with van der Waals surface area (Å²) >= 11 is 0. The molecule has 2 rings (SSSR count). The van der Waals surface area contributed by atoms with Crippen molar-refractivity contribution >= 4 is 29.5 Å². The van der Waals surface area contributed by atoms with Crippen molar-refractivity contribution in [1.29, 1.82) is 0 Å². The molecule has 1 aliphatic rings. The van der Waals surface area contributed by atoms with Gasteiger partial charge in [0.05, 0.1) is 12.1 Å². The first-order chi connectivity index (χ1) is 9.47. The molecule has 3 N–H and O–H groups in total. The van der Waals surface area contributed by atoms with E-state index in [9.17, 15) is 19.2 Å². The summed E-state index contributed by atoms with van der Waals surface area (Å²) in [5.41, 5.74) is 0.305. The summed E-state index contributed by atoms with van der Waals surface area (Å²) in [6, 6.07) is 5.04. The SMILES string of the molecule is O=C(CN1C(=O)CNC1=O)Nc1cccc(C(=O)O)c1. The minimum absolute atomic E-state index is 0.0257. The number of benzene rings is 1. The number of aromatic carboxylic acids is 1. The Morgan fingerprint density at radius 2 is 2.10 bits per heavy atom. The van der Waals surface area contributed by atoms with Gasteiger partial charge in [0.2, 0.25) is 5.91 Å². The van der Waals surface area contributed by atoms with E-state index in [0.29, 0.717) is 0 Å². The van der Waals surface area contributed by atoms with Gasteiger partial charge < -0.3 is 15.7 Å². The Kier molecular flexibility index (Phi) is 3.65. The van der Waals surface area contributed by atoms with Crippen molar-refractivity contribution in [2.75, 3.05) is 18.4 Å². The van der Waals surface area contributed by atoms with Crippen LogP contribution in [0.1, 0.15) is 10.4 Å². The molecule has 1 aromatic rings. The molecule has 0 aliphatic carbocycles. The summed E-state index contributed by atoms with van der Waals surface area (Å²) in [4.78, 5) is 45.8. The Hall–Kier alpha value is -2.90. The highest BCUT2D eigenvalue weighted by Crippen LogP contribution is 2.11. The second-order valence-corrected chi connectivity index (χ2v) is 4.07. The Balaban J connectivity index is 2.01. The number of nitrogens with zero attached hydrogens (tertiary/aromatic N) is 1. The highest BCUT2D eigenvalue weighted by atomic mass is 16.4. The quantitative estimate of drug-likeness (QED) is 0.663. The molecule has 1 aliphatic heterocycles. The van der Waals surface area contributed by atoms with Crippen LogP contribution < -0.4 is 10.6 Å². The van der Waals surface area contributed by atoms with Gasteiger partial charge in [-0.1, -0.05) is 6.07 Å². The molecule has 20 heavy (non-hydrogen) atoms. The van der Waals surface area contributed by atoms with Crippen LogP contribution in [0.3, 0.4) is 0 Å². The summed E-state index contributed by atoms with van der Waals surface area (Å²) in [7, 11) is 0. The van der Waals surface area contributed by atoms with E-state index in [1.807, 2.05) is 0 Å². The maximum absolute atomic E-state index is 11.7. The smallest absolute Gasteiger partial charge is 0.335 e. The lowest BCUT2D eigenvalue weighted by Gasteiger charge is -2.12. The Morgan fingerprint density at radius 3 is 2.70 bits per heavy atom. The number of amides is 4. The van der Waals surface area contributed by atoms with Gasteiger partial charge in [-0.15, -0.1) is 0 Å². The third kappa shape index (κ3) is 2.91. The minimum Gasteiger partial charge on any atom is -0.478 e. The number of nitrogens with one attached hydrogen (secondary N) is 2. The van der Waals surface area contributed by atoms with Crippen LogP contribution in [0.4, 0.5) is 10.5 Å². The number of imide groups is 1. The largest absolute Gasteiger partial charge is 0.478 e. The fourth-order valence-electron chi connectivity index (χ4n) is 1.69. The fourth-order valence-corrected chi connectivity index (χ4v) is 1.69. The molecule has 0 spiro atoms. The third-order valence-electron chi connectivity index (χ3n) is 2.63. The molecule has 0 aromatic heterocycles. The van der Waals surface area contributed by atoms with Crippen molar-refractivity contribution in [3.05, 3.63) is 29.8 Å². The van der Waals surface area contributed by atoms with E-state index in [1.54, 1.807) is 0 Å². The second-order valence-electron chi connectivity index (χ2n) is 4.07. The van der Waals surface area contributed by atoms with Gasteiger partial charge in [-0.05, 0) is 18.2 Å². The number of hydrogen-bond acceptors (Lipinski definition) is 4. The average Bonchev–Trinajstić information content (AvgIpc) is 2.71. The molecule has 0 bridgehead atoms. The van der Waals surface area contributed by atoms with Crippen molar-refractivity contribution < 1.29 is 24.3 Å². The van der Waals surface area contributed by atoms with Crippen LogP contribution in [0.25, 0.3) is 0 Å². The normalized spacial score (nSPS) is 14.1. The van der Waals surface area contributed by atoms with Crippen LogP contribution >= 0.6 is 0 Å². The average molecular weight is 277 g/mol. The van der Waals surface area contributed by atoms with E-state index in [-0.39, 0.29) is 17.8 Å². The van der Waals surface area contributed by atoms with Crippen LogP contribution in [-0.2, 0) is 9.59 Å². The van der Waals surface area contributed by atoms with E-state index in [4.69, 9.17) is 5.11 Å². The zero-order valence-electron chi connectivity index (χ0n) is 10.3. The molecule has 0 radical (unpaired) electrons. The second kappa shape index (κ2) is 5.39. The zero-order chi connectivity index (χ0) is 14.7. The number of carboxylic acids is 1. The molecular formula is C12H11N3O5. The van der Waals surface area contributed by atoms with Gasteiger partial charge in [0, 0.05) is 5.69 Å². The standard InChI is InChI=1S/C12H11N3O5/c16-9(6-15-10(17)5-13-12(15)20)14-8-3-1-2-7(4-8)11(18)19/h1-4H,5-6H2,(H,13,20)(H,14,16)(H,18,19). The summed E-state index contributed by atoms with van der Waals surface area (Å²) in [5, 5.41) is 13.5. The molecule has 0 unspecified atom stereocenters. The van der Waals surface area contributed by atoms with Crippen LogP contribution in [0.2, 0.25) is 0 Å². The predicted octanol–water partition coefficient (Wildman–Crippen LogP) is -0.125. The number of carboxylic acid groups (broad SMARTS) is 1. The van der Waals surface area contributed by atoms with Crippen molar-refractivity contribution in [3.63, 3.8) is 0 Å². The molecule has 1 heterocycles. The summed E-state index contributed by atoms with van der Waals surface area (Å²) in [5.74, 6) is -2.18. The molecule has 4 amide bonds. The Labute approximate surface area is 113 Å². The Morgan fingerprint density at radius 1 is 1.35 bits per heavy atom. The van der Waals surface area contributed by atoms with Gasteiger partial charge in [0.15, 0.2) is 0 Å². The van der Waals surface area contributed by atoms with Crippen molar-refractivity contribution in [2.45, 2.75) is 0 Å². The lowest BCUT2D eigenvalue weighted by Crippen LogP contribution is -2.38. The molecule has 1 aromatic carbocycles. The maximum Gasteiger partial charge on any atom is 0.335 e. The van der Waals surface area contributed by atoms with Crippen molar-refractivity contribution in [1.82, 2.24) is 10.2 Å². The third-order valence-corrected chi connectivity index (χ3v) is 2.63. The van der Waals surface area contributed by atoms with Crippen LogP contribution in [0.5, 0.6) is 0 Å². The highest BCUT2D eigenvalue weighted by Gasteiger charge is 2.30. The van der Waals surface area contributed by atoms with Gasteiger partial charge in [0.25, 0.3) is 5.91 Å². The summed E-state index contributed by atoms with van der Waals surface area (Å²) in [6.45, 7) is -0.539. The highest BCUT2D eigenvalue weighted by molar-refractivity contribution is 6.06. The molecule has 8 heteroatoms. The van der Waals surface area contributed by atoms with Crippen molar-refractivity contribution in [2.24, 2.45) is 0 Å². The van der Waals surface area contributed by atoms with Gasteiger partial charge in [-0.25, -0.2) is 9.59 Å². The number of hydrogen-bond donors (Lipinski definition) is 3. The topological polar surface area (TPSA) is 116 Å². The first-order valence-corrected chi connectivity index (χ1v) is 5.69. The van der Waals surface area contributed by atoms with Crippen LogP contribution in [-0.4, -0.2) is 46.9 Å². The van der Waals surface area contributed by atoms with Crippen molar-refractivity contribution in [3.8, 4) is 0 Å². The van der Waals surface area contributed by atoms with Gasteiger partial charge in [0.1, 0.15) is 6.54 Å². The van der Waals surface area contributed by atoms with Gasteiger partial charge in [-0.2, -0.15) is 0 Å². The molecule has 0 atom stereocenters. The van der Waals surface area contributed by atoms with E-state index in [0.717, 1.165) is 4.90 Å². The number of anilines is 1. The molecule has 0 saturated carbocycles. The van der Waals surface area contributed by atoms with Gasteiger partial charge in [-0.3, -0.25) is 14.5 Å². The van der Waals surface area contributed by atoms with Crippen LogP contribution in [0.15, 0.2) is 24.3 Å². The molecule has 1 saturated heterocycles.